The number of amides is 1. The summed E-state index contributed by atoms with van der Waals surface area (Å²) in [7, 11) is 3.68. The first-order valence-electron chi connectivity index (χ1n) is 9.21. The molecule has 2 aromatic rings. The molecule has 1 aliphatic rings. The van der Waals surface area contributed by atoms with Gasteiger partial charge in [-0.3, -0.25) is 9.59 Å². The largest absolute Gasteiger partial charge is 0.376 e. The highest BCUT2D eigenvalue weighted by Crippen LogP contribution is 2.15. The molecule has 1 aromatic carbocycles. The second-order valence-corrected chi connectivity index (χ2v) is 7.00. The maximum Gasteiger partial charge on any atom is 0.269 e. The molecule has 1 aromatic heterocycles. The lowest BCUT2D eigenvalue weighted by Gasteiger charge is -2.26. The van der Waals surface area contributed by atoms with E-state index in [0.717, 1.165) is 25.0 Å². The monoisotopic (exact) mass is 370 g/mol. The van der Waals surface area contributed by atoms with Crippen molar-refractivity contribution >= 4 is 11.6 Å². The van der Waals surface area contributed by atoms with Gasteiger partial charge in [-0.2, -0.15) is 5.10 Å². The van der Waals surface area contributed by atoms with E-state index >= 15 is 0 Å². The van der Waals surface area contributed by atoms with Gasteiger partial charge in [-0.1, -0.05) is 30.3 Å². The maximum atomic E-state index is 12.9. The van der Waals surface area contributed by atoms with Crippen molar-refractivity contribution in [1.82, 2.24) is 14.7 Å². The van der Waals surface area contributed by atoms with Crippen LogP contribution in [0.4, 0.5) is 5.69 Å². The SMILES string of the molecule is CN(C)c1cnn(CC(=O)N(Cc2ccccc2)CC2CCCO2)c(=O)c1. The van der Waals surface area contributed by atoms with Crippen molar-refractivity contribution in [2.24, 2.45) is 0 Å². The van der Waals surface area contributed by atoms with E-state index in [4.69, 9.17) is 4.74 Å². The summed E-state index contributed by atoms with van der Waals surface area (Å²) >= 11 is 0. The molecule has 3 rings (SSSR count). The van der Waals surface area contributed by atoms with Gasteiger partial charge in [0.25, 0.3) is 5.56 Å². The van der Waals surface area contributed by atoms with Crippen LogP contribution in [-0.4, -0.2) is 53.9 Å². The van der Waals surface area contributed by atoms with Crippen molar-refractivity contribution < 1.29 is 9.53 Å². The Morgan fingerprint density at radius 2 is 2.07 bits per heavy atom. The number of rotatable bonds is 7. The molecule has 0 spiro atoms. The highest BCUT2D eigenvalue weighted by atomic mass is 16.5. The lowest BCUT2D eigenvalue weighted by molar-refractivity contribution is -0.134. The van der Waals surface area contributed by atoms with Crippen LogP contribution in [0, 0.1) is 0 Å². The number of anilines is 1. The zero-order valence-electron chi connectivity index (χ0n) is 15.9. The standard InChI is InChI=1S/C20H26N4O3/c1-22(2)17-11-19(25)24(21-12-17)15-20(26)23(14-18-9-6-10-27-18)13-16-7-4-3-5-8-16/h3-5,7-8,11-12,18H,6,9-10,13-15H2,1-2H3. The van der Waals surface area contributed by atoms with Gasteiger partial charge in [0, 0.05) is 39.9 Å². The minimum atomic E-state index is -0.286. The Morgan fingerprint density at radius 3 is 2.70 bits per heavy atom. The Balaban J connectivity index is 1.74. The molecule has 2 heterocycles. The van der Waals surface area contributed by atoms with Crippen LogP contribution in [-0.2, 0) is 22.6 Å². The fourth-order valence-corrected chi connectivity index (χ4v) is 3.11. The minimum Gasteiger partial charge on any atom is -0.376 e. The number of ether oxygens (including phenoxy) is 1. The summed E-state index contributed by atoms with van der Waals surface area (Å²) in [6.45, 7) is 1.68. The third-order valence-electron chi connectivity index (χ3n) is 4.67. The molecule has 1 atom stereocenters. The summed E-state index contributed by atoms with van der Waals surface area (Å²) in [5, 5.41) is 4.14. The van der Waals surface area contributed by atoms with Crippen LogP contribution in [0.3, 0.4) is 0 Å². The number of carbonyl (C=O) groups excluding carboxylic acids is 1. The molecular weight excluding hydrogens is 344 g/mol. The summed E-state index contributed by atoms with van der Waals surface area (Å²) in [6, 6.07) is 11.3. The summed E-state index contributed by atoms with van der Waals surface area (Å²) in [6.07, 6.45) is 3.62. The summed E-state index contributed by atoms with van der Waals surface area (Å²) < 4.78 is 6.91. The first kappa shape index (κ1) is 19.1. The van der Waals surface area contributed by atoms with Crippen LogP contribution in [0.15, 0.2) is 47.4 Å². The Morgan fingerprint density at radius 1 is 1.30 bits per heavy atom. The third-order valence-corrected chi connectivity index (χ3v) is 4.67. The lowest BCUT2D eigenvalue weighted by atomic mass is 10.2. The molecule has 0 N–H and O–H groups in total. The molecule has 1 unspecified atom stereocenters. The minimum absolute atomic E-state index is 0.0541. The Hall–Kier alpha value is -2.67. The van der Waals surface area contributed by atoms with E-state index in [9.17, 15) is 9.59 Å². The van der Waals surface area contributed by atoms with Crippen molar-refractivity contribution in [2.45, 2.75) is 32.0 Å². The second-order valence-electron chi connectivity index (χ2n) is 7.00. The Kier molecular flexibility index (Phi) is 6.24. The highest BCUT2D eigenvalue weighted by molar-refractivity contribution is 5.76. The van der Waals surface area contributed by atoms with Gasteiger partial charge in [0.1, 0.15) is 6.54 Å². The molecule has 0 saturated carbocycles. The average Bonchev–Trinajstić information content (AvgIpc) is 3.16. The molecule has 7 nitrogen and oxygen atoms in total. The Labute approximate surface area is 159 Å². The predicted octanol–water partition coefficient (Wildman–Crippen LogP) is 1.52. The van der Waals surface area contributed by atoms with Crippen LogP contribution in [0.2, 0.25) is 0 Å². The highest BCUT2D eigenvalue weighted by Gasteiger charge is 2.23. The molecule has 1 saturated heterocycles. The van der Waals surface area contributed by atoms with Crippen LogP contribution in [0.1, 0.15) is 18.4 Å². The van der Waals surface area contributed by atoms with Crippen molar-refractivity contribution in [1.29, 1.82) is 0 Å². The topological polar surface area (TPSA) is 67.7 Å². The number of hydrogen-bond acceptors (Lipinski definition) is 5. The van der Waals surface area contributed by atoms with E-state index in [0.29, 0.717) is 18.8 Å². The normalized spacial score (nSPS) is 16.3. The van der Waals surface area contributed by atoms with Crippen LogP contribution < -0.4 is 10.5 Å². The molecule has 144 valence electrons. The first-order chi connectivity index (χ1) is 13.0. The van der Waals surface area contributed by atoms with E-state index in [-0.39, 0.29) is 24.1 Å². The van der Waals surface area contributed by atoms with Gasteiger partial charge >= 0.3 is 0 Å². The molecule has 0 radical (unpaired) electrons. The number of carbonyl (C=O) groups is 1. The quantitative estimate of drug-likeness (QED) is 0.739. The maximum absolute atomic E-state index is 12.9. The molecule has 0 bridgehead atoms. The van der Waals surface area contributed by atoms with Crippen molar-refractivity contribution in [3.63, 3.8) is 0 Å². The molecule has 7 heteroatoms. The summed E-state index contributed by atoms with van der Waals surface area (Å²) in [5.74, 6) is -0.137. The number of hydrogen-bond donors (Lipinski definition) is 0. The van der Waals surface area contributed by atoms with Gasteiger partial charge in [-0.25, -0.2) is 4.68 Å². The fourth-order valence-electron chi connectivity index (χ4n) is 3.11. The molecule has 27 heavy (non-hydrogen) atoms. The van der Waals surface area contributed by atoms with Crippen molar-refractivity contribution in [3.8, 4) is 0 Å². The van der Waals surface area contributed by atoms with Gasteiger partial charge in [0.05, 0.1) is 18.0 Å². The van der Waals surface area contributed by atoms with Gasteiger partial charge in [0.2, 0.25) is 5.91 Å². The molecular formula is C20H26N4O3. The predicted molar refractivity (Wildman–Crippen MR) is 104 cm³/mol. The van der Waals surface area contributed by atoms with Gasteiger partial charge < -0.3 is 14.5 Å². The zero-order chi connectivity index (χ0) is 19.2. The van der Waals surface area contributed by atoms with Crippen molar-refractivity contribution in [2.75, 3.05) is 32.1 Å². The van der Waals surface area contributed by atoms with Crippen LogP contribution >= 0.6 is 0 Å². The lowest BCUT2D eigenvalue weighted by Crippen LogP contribution is -2.40. The fraction of sp³-hybridized carbons (Fsp3) is 0.450. The van der Waals surface area contributed by atoms with Crippen LogP contribution in [0.25, 0.3) is 0 Å². The molecule has 0 aliphatic carbocycles. The summed E-state index contributed by atoms with van der Waals surface area (Å²) in [4.78, 5) is 28.8. The average molecular weight is 370 g/mol. The Bertz CT molecular complexity index is 813. The third kappa shape index (κ3) is 5.17. The van der Waals surface area contributed by atoms with E-state index in [1.165, 1.54) is 10.7 Å². The number of nitrogens with zero attached hydrogens (tertiary/aromatic N) is 4. The zero-order valence-corrected chi connectivity index (χ0v) is 15.9. The van der Waals surface area contributed by atoms with Crippen molar-refractivity contribution in [3.05, 3.63) is 58.5 Å². The van der Waals surface area contributed by atoms with E-state index in [1.54, 1.807) is 16.0 Å². The van der Waals surface area contributed by atoms with E-state index in [1.807, 2.05) is 44.4 Å². The molecule has 1 fully saturated rings. The smallest absolute Gasteiger partial charge is 0.269 e. The summed E-state index contributed by atoms with van der Waals surface area (Å²) in [5.41, 5.74) is 1.47. The van der Waals surface area contributed by atoms with Gasteiger partial charge in [-0.15, -0.1) is 0 Å². The molecule has 1 amide bonds. The first-order valence-corrected chi connectivity index (χ1v) is 9.21. The number of benzene rings is 1. The number of aromatic nitrogens is 2. The van der Waals surface area contributed by atoms with Gasteiger partial charge in [-0.05, 0) is 18.4 Å². The molecule has 1 aliphatic heterocycles. The van der Waals surface area contributed by atoms with Gasteiger partial charge in [0.15, 0.2) is 0 Å². The van der Waals surface area contributed by atoms with Crippen LogP contribution in [0.5, 0.6) is 0 Å². The second kappa shape index (κ2) is 8.81. The van der Waals surface area contributed by atoms with E-state index in [2.05, 4.69) is 5.10 Å². The van der Waals surface area contributed by atoms with E-state index < -0.39 is 0 Å².